The molecule has 1 aliphatic rings. The fraction of sp³-hybridized carbons (Fsp3) is 0.533. The van der Waals surface area contributed by atoms with Gasteiger partial charge in [0.1, 0.15) is 0 Å². The van der Waals surface area contributed by atoms with Crippen LogP contribution in [0.5, 0.6) is 0 Å². The lowest BCUT2D eigenvalue weighted by molar-refractivity contribution is -0.131. The highest BCUT2D eigenvalue weighted by Gasteiger charge is 2.39. The second-order valence-electron chi connectivity index (χ2n) is 5.43. The minimum atomic E-state index is -0.892. The summed E-state index contributed by atoms with van der Waals surface area (Å²) in [4.78, 5) is 12.4. The highest BCUT2D eigenvalue weighted by atomic mass is 19.2. The van der Waals surface area contributed by atoms with Gasteiger partial charge in [0.05, 0.1) is 11.5 Å². The molecule has 2 unspecified atom stereocenters. The van der Waals surface area contributed by atoms with E-state index in [1.807, 2.05) is 6.92 Å². The summed E-state index contributed by atoms with van der Waals surface area (Å²) in [6, 6.07) is 3.36. The number of hydrogen-bond donors (Lipinski definition) is 2. The molecule has 1 aromatic rings. The number of carbonyl (C=O) groups is 1. The topological polar surface area (TPSA) is 41.1 Å². The fourth-order valence-corrected chi connectivity index (χ4v) is 2.61. The van der Waals surface area contributed by atoms with E-state index in [4.69, 9.17) is 0 Å². The summed E-state index contributed by atoms with van der Waals surface area (Å²) in [7, 11) is 0. The van der Waals surface area contributed by atoms with Crippen LogP contribution >= 0.6 is 0 Å². The van der Waals surface area contributed by atoms with Crippen LogP contribution in [0, 0.1) is 17.0 Å². The Bertz CT molecular complexity index is 499. The van der Waals surface area contributed by atoms with Gasteiger partial charge in [-0.3, -0.25) is 4.79 Å². The lowest BCUT2D eigenvalue weighted by Gasteiger charge is -2.27. The van der Waals surface area contributed by atoms with Gasteiger partial charge in [-0.15, -0.1) is 0 Å². The number of nitrogens with one attached hydrogen (secondary N) is 2. The van der Waals surface area contributed by atoms with Crippen molar-refractivity contribution in [3.63, 3.8) is 0 Å². The van der Waals surface area contributed by atoms with Gasteiger partial charge in [-0.25, -0.2) is 8.78 Å². The molecular weight excluding hydrogens is 262 g/mol. The number of halogens is 2. The van der Waals surface area contributed by atoms with Crippen molar-refractivity contribution in [1.29, 1.82) is 0 Å². The van der Waals surface area contributed by atoms with E-state index < -0.39 is 11.6 Å². The van der Waals surface area contributed by atoms with Crippen LogP contribution in [0.15, 0.2) is 18.2 Å². The van der Waals surface area contributed by atoms with Gasteiger partial charge in [0.15, 0.2) is 11.6 Å². The molecule has 2 atom stereocenters. The largest absolute Gasteiger partial charge is 0.349 e. The number of amides is 1. The monoisotopic (exact) mass is 282 g/mol. The summed E-state index contributed by atoms with van der Waals surface area (Å²) in [5.41, 5.74) is 0.182. The van der Waals surface area contributed by atoms with E-state index in [1.165, 1.54) is 6.07 Å². The molecule has 0 bridgehead atoms. The zero-order valence-corrected chi connectivity index (χ0v) is 11.8. The van der Waals surface area contributed by atoms with E-state index in [2.05, 4.69) is 10.6 Å². The third kappa shape index (κ3) is 2.82. The van der Waals surface area contributed by atoms with Gasteiger partial charge in [-0.05, 0) is 44.0 Å². The Kier molecular flexibility index (Phi) is 4.38. The molecule has 1 heterocycles. The van der Waals surface area contributed by atoms with Crippen LogP contribution in [-0.4, -0.2) is 19.0 Å². The first kappa shape index (κ1) is 14.9. The van der Waals surface area contributed by atoms with E-state index in [0.717, 1.165) is 31.5 Å². The zero-order valence-electron chi connectivity index (χ0n) is 11.8. The van der Waals surface area contributed by atoms with Gasteiger partial charge in [0.2, 0.25) is 5.91 Å². The molecule has 110 valence electrons. The molecule has 1 aliphatic heterocycles. The highest BCUT2D eigenvalue weighted by Crippen LogP contribution is 2.30. The summed E-state index contributed by atoms with van der Waals surface area (Å²) in [5, 5.41) is 6.11. The quantitative estimate of drug-likeness (QED) is 0.891. The molecule has 0 radical (unpaired) electrons. The number of rotatable bonds is 4. The van der Waals surface area contributed by atoms with E-state index >= 15 is 0 Å². The molecule has 1 fully saturated rings. The van der Waals surface area contributed by atoms with Gasteiger partial charge in [-0.1, -0.05) is 13.0 Å². The van der Waals surface area contributed by atoms with Gasteiger partial charge >= 0.3 is 0 Å². The van der Waals surface area contributed by atoms with E-state index in [-0.39, 0.29) is 17.4 Å². The average molecular weight is 282 g/mol. The summed E-state index contributed by atoms with van der Waals surface area (Å²) in [6.45, 7) is 5.27. The van der Waals surface area contributed by atoms with Crippen LogP contribution in [0.2, 0.25) is 0 Å². The molecule has 0 aliphatic carbocycles. The Morgan fingerprint density at radius 2 is 2.20 bits per heavy atom. The highest BCUT2D eigenvalue weighted by molar-refractivity contribution is 5.83. The van der Waals surface area contributed by atoms with Gasteiger partial charge in [0.25, 0.3) is 0 Å². The Hall–Kier alpha value is -1.49. The number of hydrogen-bond acceptors (Lipinski definition) is 2. The maximum Gasteiger partial charge on any atom is 0.228 e. The summed E-state index contributed by atoms with van der Waals surface area (Å²) < 4.78 is 26.1. The molecule has 3 nitrogen and oxygen atoms in total. The minimum Gasteiger partial charge on any atom is -0.349 e. The maximum absolute atomic E-state index is 13.2. The molecule has 20 heavy (non-hydrogen) atoms. The van der Waals surface area contributed by atoms with Crippen LogP contribution < -0.4 is 10.6 Å². The average Bonchev–Trinajstić information content (AvgIpc) is 2.91. The van der Waals surface area contributed by atoms with Crippen molar-refractivity contribution in [3.8, 4) is 0 Å². The van der Waals surface area contributed by atoms with Crippen LogP contribution in [0.3, 0.4) is 0 Å². The van der Waals surface area contributed by atoms with Gasteiger partial charge in [-0.2, -0.15) is 0 Å². The first-order valence-corrected chi connectivity index (χ1v) is 6.95. The fourth-order valence-electron chi connectivity index (χ4n) is 2.61. The van der Waals surface area contributed by atoms with Crippen LogP contribution in [0.25, 0.3) is 0 Å². The summed E-state index contributed by atoms with van der Waals surface area (Å²) in [5.74, 6) is -1.80. The lowest BCUT2D eigenvalue weighted by atomic mass is 9.83. The third-order valence-corrected chi connectivity index (χ3v) is 4.19. The molecule has 5 heteroatoms. The molecular formula is C15H20F2N2O. The molecule has 2 N–H and O–H groups in total. The standard InChI is InChI=1S/C15H20F2N2O/c1-3-15(6-7-18-9-15)14(20)19-10(2)11-4-5-12(16)13(17)8-11/h4-5,8,10,18H,3,6-7,9H2,1-2H3,(H,19,20). The van der Waals surface area contributed by atoms with Gasteiger partial charge in [0, 0.05) is 6.54 Å². The molecule has 0 aromatic heterocycles. The molecule has 1 aromatic carbocycles. The molecule has 0 saturated carbocycles. The van der Waals surface area contributed by atoms with Crippen molar-refractivity contribution in [2.24, 2.45) is 5.41 Å². The van der Waals surface area contributed by atoms with Crippen LogP contribution in [0.4, 0.5) is 8.78 Å². The van der Waals surface area contributed by atoms with Crippen molar-refractivity contribution in [1.82, 2.24) is 10.6 Å². The van der Waals surface area contributed by atoms with E-state index in [1.54, 1.807) is 6.92 Å². The Balaban J connectivity index is 2.08. The van der Waals surface area contributed by atoms with Crippen LogP contribution in [0.1, 0.15) is 38.3 Å². The number of benzene rings is 1. The Labute approximate surface area is 117 Å². The molecule has 1 saturated heterocycles. The lowest BCUT2D eigenvalue weighted by Crippen LogP contribution is -2.43. The van der Waals surface area contributed by atoms with Crippen molar-refractivity contribution in [2.75, 3.05) is 13.1 Å². The van der Waals surface area contributed by atoms with Gasteiger partial charge < -0.3 is 10.6 Å². The zero-order chi connectivity index (χ0) is 14.8. The second kappa shape index (κ2) is 5.87. The maximum atomic E-state index is 13.2. The minimum absolute atomic E-state index is 0.0257. The first-order chi connectivity index (χ1) is 9.48. The second-order valence-corrected chi connectivity index (χ2v) is 5.43. The SMILES string of the molecule is CCC1(C(=O)NC(C)c2ccc(F)c(F)c2)CCNC1. The van der Waals surface area contributed by atoms with Crippen molar-refractivity contribution >= 4 is 5.91 Å². The molecule has 0 spiro atoms. The predicted molar refractivity (Wildman–Crippen MR) is 73.1 cm³/mol. The first-order valence-electron chi connectivity index (χ1n) is 6.95. The number of carbonyl (C=O) groups excluding carboxylic acids is 1. The van der Waals surface area contributed by atoms with Crippen LogP contribution in [-0.2, 0) is 4.79 Å². The summed E-state index contributed by atoms with van der Waals surface area (Å²) in [6.07, 6.45) is 1.57. The summed E-state index contributed by atoms with van der Waals surface area (Å²) >= 11 is 0. The molecule has 1 amide bonds. The van der Waals surface area contributed by atoms with E-state index in [9.17, 15) is 13.6 Å². The third-order valence-electron chi connectivity index (χ3n) is 4.19. The van der Waals surface area contributed by atoms with Crippen molar-refractivity contribution in [3.05, 3.63) is 35.4 Å². The Morgan fingerprint density at radius 1 is 1.45 bits per heavy atom. The predicted octanol–water partition coefficient (Wildman–Crippen LogP) is 2.53. The normalized spacial score (nSPS) is 23.6. The van der Waals surface area contributed by atoms with Crippen molar-refractivity contribution in [2.45, 2.75) is 32.7 Å². The molecule has 2 rings (SSSR count). The Morgan fingerprint density at radius 3 is 2.75 bits per heavy atom. The smallest absolute Gasteiger partial charge is 0.228 e. The van der Waals surface area contributed by atoms with E-state index in [0.29, 0.717) is 12.1 Å². The van der Waals surface area contributed by atoms with Crippen molar-refractivity contribution < 1.29 is 13.6 Å².